The summed E-state index contributed by atoms with van der Waals surface area (Å²) in [7, 11) is -3.71. The van der Waals surface area contributed by atoms with Gasteiger partial charge in [0.1, 0.15) is 18.9 Å². The van der Waals surface area contributed by atoms with Crippen LogP contribution in [0.15, 0.2) is 36.4 Å². The van der Waals surface area contributed by atoms with Gasteiger partial charge in [-0.05, 0) is 43.7 Å². The molecule has 28 heavy (non-hydrogen) atoms. The largest absolute Gasteiger partial charge is 0.491 e. The molecule has 0 aliphatic rings. The first-order chi connectivity index (χ1) is 13.1. The molecule has 2 aromatic rings. The van der Waals surface area contributed by atoms with Gasteiger partial charge in [-0.3, -0.25) is 9.10 Å². The van der Waals surface area contributed by atoms with Gasteiger partial charge in [-0.15, -0.1) is 0 Å². The molecule has 0 unspecified atom stereocenters. The minimum atomic E-state index is -3.71. The first kappa shape index (κ1) is 22.3. The normalized spacial score (nSPS) is 11.2. The maximum absolute atomic E-state index is 12.2. The maximum Gasteiger partial charge on any atom is 0.240 e. The zero-order valence-electron chi connectivity index (χ0n) is 15.8. The Bertz CT molecular complexity index is 944. The van der Waals surface area contributed by atoms with Gasteiger partial charge >= 0.3 is 0 Å². The van der Waals surface area contributed by atoms with E-state index in [1.54, 1.807) is 0 Å². The highest BCUT2D eigenvalue weighted by molar-refractivity contribution is 7.92. The number of amides is 1. The molecule has 1 N–H and O–H groups in total. The van der Waals surface area contributed by atoms with E-state index < -0.39 is 15.9 Å². The lowest BCUT2D eigenvalue weighted by Gasteiger charge is -2.22. The Morgan fingerprint density at radius 2 is 1.75 bits per heavy atom. The predicted octanol–water partition coefficient (Wildman–Crippen LogP) is 3.57. The fourth-order valence-corrected chi connectivity index (χ4v) is 3.94. The standard InChI is InChI=1S/C19H22Cl2N2O4S/c1-13-4-5-18(14(2)8-13)27-7-6-22-19(24)12-23(28(3,25)26)17-10-15(20)9-16(21)11-17/h4-5,8-11H,6-7,12H2,1-3H3,(H,22,24). The molecule has 0 aliphatic heterocycles. The van der Waals surface area contributed by atoms with Gasteiger partial charge in [0.2, 0.25) is 15.9 Å². The van der Waals surface area contributed by atoms with Crippen LogP contribution < -0.4 is 14.4 Å². The molecule has 1 amide bonds. The van der Waals surface area contributed by atoms with E-state index in [0.717, 1.165) is 27.4 Å². The minimum absolute atomic E-state index is 0.224. The number of anilines is 1. The molecule has 0 saturated heterocycles. The monoisotopic (exact) mass is 444 g/mol. The smallest absolute Gasteiger partial charge is 0.240 e. The van der Waals surface area contributed by atoms with Crippen molar-refractivity contribution < 1.29 is 17.9 Å². The second-order valence-corrected chi connectivity index (χ2v) is 9.14. The molecule has 0 aromatic heterocycles. The van der Waals surface area contributed by atoms with Crippen molar-refractivity contribution in [2.45, 2.75) is 13.8 Å². The van der Waals surface area contributed by atoms with Crippen LogP contribution in [-0.4, -0.2) is 40.3 Å². The van der Waals surface area contributed by atoms with Gasteiger partial charge in [0, 0.05) is 10.0 Å². The number of ether oxygens (including phenoxy) is 1. The molecular formula is C19H22Cl2N2O4S. The number of nitrogens with one attached hydrogen (secondary N) is 1. The van der Waals surface area contributed by atoms with Gasteiger partial charge in [0.15, 0.2) is 0 Å². The first-order valence-corrected chi connectivity index (χ1v) is 11.1. The molecule has 0 spiro atoms. The highest BCUT2D eigenvalue weighted by Gasteiger charge is 2.21. The Kier molecular flexibility index (Phi) is 7.57. The first-order valence-electron chi connectivity index (χ1n) is 8.47. The number of nitrogens with zero attached hydrogens (tertiary/aromatic N) is 1. The van der Waals surface area contributed by atoms with Crippen molar-refractivity contribution in [1.29, 1.82) is 0 Å². The second kappa shape index (κ2) is 9.49. The Labute approximate surface area is 175 Å². The molecular weight excluding hydrogens is 423 g/mol. The van der Waals surface area contributed by atoms with Gasteiger partial charge in [-0.2, -0.15) is 0 Å². The van der Waals surface area contributed by atoms with Crippen molar-refractivity contribution in [1.82, 2.24) is 5.32 Å². The molecule has 6 nitrogen and oxygen atoms in total. The molecule has 0 atom stereocenters. The summed E-state index contributed by atoms with van der Waals surface area (Å²) in [6.07, 6.45) is 1.01. The third-order valence-electron chi connectivity index (χ3n) is 3.84. The van der Waals surface area contributed by atoms with Crippen LogP contribution in [-0.2, 0) is 14.8 Å². The van der Waals surface area contributed by atoms with Gasteiger partial charge in [-0.25, -0.2) is 8.42 Å². The average Bonchev–Trinajstić information content (AvgIpc) is 2.56. The number of carbonyl (C=O) groups is 1. The lowest BCUT2D eigenvalue weighted by Crippen LogP contribution is -2.41. The lowest BCUT2D eigenvalue weighted by atomic mass is 10.1. The molecule has 0 radical (unpaired) electrons. The quantitative estimate of drug-likeness (QED) is 0.631. The zero-order chi connectivity index (χ0) is 20.9. The fourth-order valence-electron chi connectivity index (χ4n) is 2.58. The van der Waals surface area contributed by atoms with Crippen LogP contribution in [0.2, 0.25) is 10.0 Å². The number of hydrogen-bond donors (Lipinski definition) is 1. The van der Waals surface area contributed by atoms with Crippen LogP contribution in [0.4, 0.5) is 5.69 Å². The van der Waals surface area contributed by atoms with Crippen LogP contribution in [0, 0.1) is 13.8 Å². The molecule has 0 heterocycles. The van der Waals surface area contributed by atoms with Crippen molar-refractivity contribution in [2.24, 2.45) is 0 Å². The molecule has 152 valence electrons. The summed E-state index contributed by atoms with van der Waals surface area (Å²) in [6, 6.07) is 10.2. The number of halogens is 2. The minimum Gasteiger partial charge on any atom is -0.491 e. The Balaban J connectivity index is 1.95. The predicted molar refractivity (Wildman–Crippen MR) is 113 cm³/mol. The molecule has 0 bridgehead atoms. The number of rotatable bonds is 8. The van der Waals surface area contributed by atoms with Crippen LogP contribution in [0.25, 0.3) is 0 Å². The van der Waals surface area contributed by atoms with E-state index in [1.807, 2.05) is 32.0 Å². The summed E-state index contributed by atoms with van der Waals surface area (Å²) >= 11 is 11.9. The van der Waals surface area contributed by atoms with Gasteiger partial charge in [0.05, 0.1) is 18.5 Å². The van der Waals surface area contributed by atoms with Crippen molar-refractivity contribution in [3.05, 3.63) is 57.6 Å². The number of aryl methyl sites for hydroxylation is 2. The van der Waals surface area contributed by atoms with Crippen LogP contribution in [0.3, 0.4) is 0 Å². The van der Waals surface area contributed by atoms with Gasteiger partial charge in [0.25, 0.3) is 0 Å². The summed E-state index contributed by atoms with van der Waals surface area (Å²) in [6.45, 7) is 4.05. The average molecular weight is 445 g/mol. The number of hydrogen-bond acceptors (Lipinski definition) is 4. The summed E-state index contributed by atoms with van der Waals surface area (Å²) in [5.41, 5.74) is 2.37. The third kappa shape index (κ3) is 6.58. The molecule has 0 fully saturated rings. The van der Waals surface area contributed by atoms with Crippen molar-refractivity contribution >= 4 is 44.8 Å². The van der Waals surface area contributed by atoms with Crippen molar-refractivity contribution in [2.75, 3.05) is 30.3 Å². The van der Waals surface area contributed by atoms with E-state index in [4.69, 9.17) is 27.9 Å². The van der Waals surface area contributed by atoms with Crippen LogP contribution >= 0.6 is 23.2 Å². The fraction of sp³-hybridized carbons (Fsp3) is 0.316. The summed E-state index contributed by atoms with van der Waals surface area (Å²) in [5.74, 6) is 0.275. The van der Waals surface area contributed by atoms with Crippen molar-refractivity contribution in [3.63, 3.8) is 0 Å². The summed E-state index contributed by atoms with van der Waals surface area (Å²) in [4.78, 5) is 12.2. The SMILES string of the molecule is Cc1ccc(OCCNC(=O)CN(c2cc(Cl)cc(Cl)c2)S(C)(=O)=O)c(C)c1. The van der Waals surface area contributed by atoms with E-state index in [0.29, 0.717) is 0 Å². The Hall–Kier alpha value is -1.96. The molecule has 0 aliphatic carbocycles. The van der Waals surface area contributed by atoms with Crippen LogP contribution in [0.5, 0.6) is 5.75 Å². The van der Waals surface area contributed by atoms with Gasteiger partial charge in [-0.1, -0.05) is 40.9 Å². The van der Waals surface area contributed by atoms with E-state index in [1.165, 1.54) is 18.2 Å². The zero-order valence-corrected chi connectivity index (χ0v) is 18.2. The highest BCUT2D eigenvalue weighted by Crippen LogP contribution is 2.26. The van der Waals surface area contributed by atoms with E-state index >= 15 is 0 Å². The Morgan fingerprint density at radius 3 is 2.32 bits per heavy atom. The number of benzene rings is 2. The molecule has 9 heteroatoms. The maximum atomic E-state index is 12.2. The number of sulfonamides is 1. The Morgan fingerprint density at radius 1 is 1.11 bits per heavy atom. The van der Waals surface area contributed by atoms with Crippen LogP contribution in [0.1, 0.15) is 11.1 Å². The van der Waals surface area contributed by atoms with E-state index in [2.05, 4.69) is 5.32 Å². The van der Waals surface area contributed by atoms with Crippen molar-refractivity contribution in [3.8, 4) is 5.75 Å². The highest BCUT2D eigenvalue weighted by atomic mass is 35.5. The molecule has 2 rings (SSSR count). The van der Waals surface area contributed by atoms with Gasteiger partial charge < -0.3 is 10.1 Å². The van der Waals surface area contributed by atoms with E-state index in [-0.39, 0.29) is 35.4 Å². The van der Waals surface area contributed by atoms with E-state index in [9.17, 15) is 13.2 Å². The third-order valence-corrected chi connectivity index (χ3v) is 5.41. The topological polar surface area (TPSA) is 75.7 Å². The summed E-state index contributed by atoms with van der Waals surface area (Å²) in [5, 5.41) is 3.20. The second-order valence-electron chi connectivity index (χ2n) is 6.36. The summed E-state index contributed by atoms with van der Waals surface area (Å²) < 4.78 is 30.8. The molecule has 0 saturated carbocycles. The molecule has 2 aromatic carbocycles. The lowest BCUT2D eigenvalue weighted by molar-refractivity contribution is -0.119. The number of carbonyl (C=O) groups excluding carboxylic acids is 1.